The Labute approximate surface area is 349 Å². The van der Waals surface area contributed by atoms with Gasteiger partial charge in [-0.05, 0) is 88.3 Å². The van der Waals surface area contributed by atoms with E-state index in [4.69, 9.17) is 23.6 Å². The largest absolute Gasteiger partial charge is 0.464 e. The van der Waals surface area contributed by atoms with Gasteiger partial charge in [0.15, 0.2) is 8.32 Å². The van der Waals surface area contributed by atoms with Crippen molar-refractivity contribution in [3.05, 3.63) is 77.8 Å². The number of nitrogens with one attached hydrogen (secondary N) is 1. The monoisotopic (exact) mass is 839 g/mol. The number of urea groups is 1. The number of carbonyl (C=O) groups is 3. The Morgan fingerprint density at radius 1 is 1.02 bits per heavy atom. The van der Waals surface area contributed by atoms with Crippen LogP contribution in [0.3, 0.4) is 0 Å². The molecule has 0 bridgehead atoms. The average molecular weight is 840 g/mol. The summed E-state index contributed by atoms with van der Waals surface area (Å²) >= 11 is 0. The van der Waals surface area contributed by atoms with Gasteiger partial charge in [0.05, 0.1) is 23.9 Å². The van der Waals surface area contributed by atoms with Crippen LogP contribution >= 0.6 is 0 Å². The third-order valence-electron chi connectivity index (χ3n) is 11.4. The molecule has 2 fully saturated rings. The van der Waals surface area contributed by atoms with Gasteiger partial charge < -0.3 is 38.3 Å². The summed E-state index contributed by atoms with van der Waals surface area (Å²) in [5.74, 6) is -1.73. The molecule has 0 unspecified atom stereocenters. The summed E-state index contributed by atoms with van der Waals surface area (Å²) in [4.78, 5) is 48.9. The van der Waals surface area contributed by atoms with E-state index in [0.717, 1.165) is 23.8 Å². The summed E-state index contributed by atoms with van der Waals surface area (Å²) in [6.07, 6.45) is 2.01. The van der Waals surface area contributed by atoms with Crippen molar-refractivity contribution in [1.29, 1.82) is 0 Å². The van der Waals surface area contributed by atoms with Crippen LogP contribution in [0, 0.1) is 23.5 Å². The molecular weight excluding hydrogens is 777 g/mol. The lowest BCUT2D eigenvalue weighted by molar-refractivity contribution is -0.141. The van der Waals surface area contributed by atoms with Crippen molar-refractivity contribution in [1.82, 2.24) is 24.7 Å². The molecule has 59 heavy (non-hydrogen) atoms. The molecule has 1 aromatic heterocycles. The summed E-state index contributed by atoms with van der Waals surface area (Å²) in [5, 5.41) is 2.93. The minimum atomic E-state index is -2.41. The van der Waals surface area contributed by atoms with Crippen molar-refractivity contribution >= 4 is 26.4 Å². The first-order valence-electron chi connectivity index (χ1n) is 20.6. The fourth-order valence-electron chi connectivity index (χ4n) is 7.37. The van der Waals surface area contributed by atoms with Crippen molar-refractivity contribution in [2.24, 2.45) is 11.8 Å². The fourth-order valence-corrected chi connectivity index (χ4v) is 8.74. The first-order chi connectivity index (χ1) is 27.6. The predicted molar refractivity (Wildman–Crippen MR) is 224 cm³/mol. The van der Waals surface area contributed by atoms with Crippen LogP contribution in [0.1, 0.15) is 85.7 Å². The van der Waals surface area contributed by atoms with E-state index in [9.17, 15) is 14.0 Å². The highest BCUT2D eigenvalue weighted by Crippen LogP contribution is 2.42. The van der Waals surface area contributed by atoms with Crippen molar-refractivity contribution in [2.45, 2.75) is 117 Å². The molecule has 2 aromatic carbocycles. The molecule has 15 heteroatoms. The van der Waals surface area contributed by atoms with Crippen molar-refractivity contribution < 1.29 is 41.8 Å². The van der Waals surface area contributed by atoms with Gasteiger partial charge in [-0.2, -0.15) is 0 Å². The van der Waals surface area contributed by atoms with Crippen molar-refractivity contribution in [3.8, 4) is 11.3 Å². The number of nitrogens with zero attached hydrogens (tertiary/aromatic N) is 4. The van der Waals surface area contributed by atoms with Gasteiger partial charge >= 0.3 is 18.1 Å². The highest BCUT2D eigenvalue weighted by atomic mass is 28.4. The van der Waals surface area contributed by atoms with Crippen molar-refractivity contribution in [3.63, 3.8) is 0 Å². The Balaban J connectivity index is 1.67. The number of likely N-dealkylation sites (tertiary alicyclic amines) is 1. The van der Waals surface area contributed by atoms with Gasteiger partial charge in [0, 0.05) is 64.0 Å². The molecule has 1 N–H and O–H groups in total. The SMILES string of the molecule is CC(=O)OC[C@@H](C)NC(=O)N(C[C@H]1CN(C(=O)OC(C)(C)C)C[C@@H]1O[Si](C)(C)C(C)(C)C)[C@@H](c1nc(-c2cc(F)ccc2F)cn1Cc1ccccc1)C1CCOCC1. The lowest BCUT2D eigenvalue weighted by Crippen LogP contribution is -2.53. The molecule has 3 amide bonds. The second-order valence-corrected chi connectivity index (χ2v) is 23.2. The zero-order chi connectivity index (χ0) is 43.3. The lowest BCUT2D eigenvalue weighted by Gasteiger charge is -2.42. The molecule has 2 saturated heterocycles. The van der Waals surface area contributed by atoms with Gasteiger partial charge in [-0.1, -0.05) is 51.1 Å². The standard InChI is InChI=1S/C44H63F2N5O7Si/c1-29(28-56-30(2)52)47-41(53)51(25-33-24-50(42(54)57-43(3,4)5)27-38(33)58-59(9,10)44(6,7)8)39(32-18-20-55-21-19-32)40-48-37(35-22-34(45)16-17-36(35)46)26-49(40)23-31-14-12-11-13-15-31/h11-17,22,26,29,32-33,38-39H,18-21,23-25,27-28H2,1-10H3,(H,47,53)/t29-,33-,38+,39-/m1/s1. The normalized spacial score (nSPS) is 18.9. The second kappa shape index (κ2) is 18.9. The number of ether oxygens (including phenoxy) is 3. The topological polar surface area (TPSA) is 124 Å². The van der Waals surface area contributed by atoms with Gasteiger partial charge in [0.2, 0.25) is 0 Å². The molecule has 0 aliphatic carbocycles. The minimum Gasteiger partial charge on any atom is -0.464 e. The molecule has 2 aliphatic heterocycles. The number of hydrogen-bond donors (Lipinski definition) is 1. The highest BCUT2D eigenvalue weighted by Gasteiger charge is 2.47. The molecule has 3 heterocycles. The lowest BCUT2D eigenvalue weighted by atomic mass is 9.89. The molecule has 4 atom stereocenters. The summed E-state index contributed by atoms with van der Waals surface area (Å²) in [6.45, 7) is 21.2. The van der Waals surface area contributed by atoms with E-state index in [2.05, 4.69) is 39.2 Å². The Bertz CT molecular complexity index is 1910. The van der Waals surface area contributed by atoms with E-state index in [1.165, 1.54) is 6.92 Å². The molecule has 5 rings (SSSR count). The molecule has 324 valence electrons. The summed E-state index contributed by atoms with van der Waals surface area (Å²) < 4.78 is 56.1. The van der Waals surface area contributed by atoms with E-state index in [0.29, 0.717) is 38.4 Å². The number of benzene rings is 2. The number of rotatable bonds is 13. The molecule has 0 spiro atoms. The number of halogens is 2. The second-order valence-electron chi connectivity index (χ2n) is 18.5. The van der Waals surface area contributed by atoms with E-state index >= 15 is 9.18 Å². The molecule has 2 aliphatic rings. The molecule has 0 saturated carbocycles. The van der Waals surface area contributed by atoms with Gasteiger partial charge in [-0.3, -0.25) is 4.79 Å². The van der Waals surface area contributed by atoms with Crippen LogP contribution in [-0.4, -0.2) is 103 Å². The number of carbonyl (C=O) groups excluding carboxylic acids is 3. The maximum absolute atomic E-state index is 15.5. The molecule has 0 radical (unpaired) electrons. The van der Waals surface area contributed by atoms with Gasteiger partial charge in [0.25, 0.3) is 0 Å². The number of hydrogen-bond acceptors (Lipinski definition) is 8. The number of aromatic nitrogens is 2. The van der Waals surface area contributed by atoms with E-state index in [1.807, 2.05) is 55.7 Å². The first kappa shape index (κ1) is 45.7. The third-order valence-corrected chi connectivity index (χ3v) is 15.9. The first-order valence-corrected chi connectivity index (χ1v) is 23.5. The van der Waals surface area contributed by atoms with E-state index in [-0.39, 0.29) is 54.4 Å². The number of esters is 1. The summed E-state index contributed by atoms with van der Waals surface area (Å²) in [5.41, 5.74) is 0.449. The molecular formula is C44H63F2N5O7Si. The Morgan fingerprint density at radius 3 is 2.32 bits per heavy atom. The van der Waals surface area contributed by atoms with Crippen LogP contribution < -0.4 is 5.32 Å². The number of amides is 3. The fraction of sp³-hybridized carbons (Fsp3) is 0.591. The molecule has 12 nitrogen and oxygen atoms in total. The zero-order valence-electron chi connectivity index (χ0n) is 36.3. The predicted octanol–water partition coefficient (Wildman–Crippen LogP) is 8.56. The van der Waals surface area contributed by atoms with Crippen LogP contribution in [0.25, 0.3) is 11.3 Å². The zero-order valence-corrected chi connectivity index (χ0v) is 37.3. The van der Waals surface area contributed by atoms with Gasteiger partial charge in [-0.25, -0.2) is 23.4 Å². The van der Waals surface area contributed by atoms with Gasteiger partial charge in [-0.15, -0.1) is 0 Å². The highest BCUT2D eigenvalue weighted by molar-refractivity contribution is 6.74. The summed E-state index contributed by atoms with van der Waals surface area (Å²) in [6, 6.07) is 11.3. The van der Waals surface area contributed by atoms with Crippen molar-refractivity contribution in [2.75, 3.05) is 39.5 Å². The van der Waals surface area contributed by atoms with Crippen LogP contribution in [0.15, 0.2) is 54.7 Å². The maximum Gasteiger partial charge on any atom is 0.410 e. The van der Waals surface area contributed by atoms with Crippen LogP contribution in [-0.2, 0) is 30.0 Å². The smallest absolute Gasteiger partial charge is 0.410 e. The van der Waals surface area contributed by atoms with Gasteiger partial charge in [0.1, 0.15) is 29.7 Å². The van der Waals surface area contributed by atoms with Crippen LogP contribution in [0.5, 0.6) is 0 Å². The third kappa shape index (κ3) is 12.1. The van der Waals surface area contributed by atoms with Crippen LogP contribution in [0.2, 0.25) is 18.1 Å². The maximum atomic E-state index is 15.5. The summed E-state index contributed by atoms with van der Waals surface area (Å²) in [7, 11) is -2.41. The van der Waals surface area contributed by atoms with Crippen LogP contribution in [0.4, 0.5) is 18.4 Å². The Hall–Kier alpha value is -4.34. The molecule has 3 aromatic rings. The Kier molecular flexibility index (Phi) is 14.7. The quantitative estimate of drug-likeness (QED) is 0.134. The Morgan fingerprint density at radius 2 is 1.69 bits per heavy atom. The number of imidazole rings is 1. The van der Waals surface area contributed by atoms with E-state index < -0.39 is 61.8 Å². The average Bonchev–Trinajstić information content (AvgIpc) is 3.74. The minimum absolute atomic E-state index is 0.00132. The van der Waals surface area contributed by atoms with E-state index in [1.54, 1.807) is 22.9 Å².